The van der Waals surface area contributed by atoms with E-state index in [1.807, 2.05) is 0 Å². The summed E-state index contributed by atoms with van der Waals surface area (Å²) in [5.41, 5.74) is -0.0819. The van der Waals surface area contributed by atoms with Crippen molar-refractivity contribution in [2.24, 2.45) is 56.7 Å². The van der Waals surface area contributed by atoms with Gasteiger partial charge in [0.15, 0.2) is 0 Å². The highest BCUT2D eigenvalue weighted by Crippen LogP contribution is 2.76. The molecule has 5 aliphatic carbocycles. The number of carbonyl (C=O) groups is 1. The summed E-state index contributed by atoms with van der Waals surface area (Å²) in [6, 6.07) is 0. The Morgan fingerprint density at radius 2 is 1.67 bits per heavy atom. The Morgan fingerprint density at radius 3 is 2.28 bits per heavy atom. The molecule has 4 fully saturated rings. The first-order valence-corrected chi connectivity index (χ1v) is 14.5. The molecule has 3 N–H and O–H groups in total. The van der Waals surface area contributed by atoms with Crippen LogP contribution in [0.2, 0.25) is 0 Å². The van der Waals surface area contributed by atoms with Gasteiger partial charge in [-0.3, -0.25) is 4.79 Å². The molecule has 5 rings (SSSR count). The molecule has 0 radical (unpaired) electrons. The largest absolute Gasteiger partial charge is 0.481 e. The maximum absolute atomic E-state index is 12.9. The average Bonchev–Trinajstić information content (AvgIpc) is 2.79. The summed E-state index contributed by atoms with van der Waals surface area (Å²) in [7, 11) is 1.80. The Balaban J connectivity index is 1.69. The Bertz CT molecular complexity index is 957. The van der Waals surface area contributed by atoms with Crippen molar-refractivity contribution in [3.05, 3.63) is 11.6 Å². The normalized spacial score (nSPS) is 55.9. The van der Waals surface area contributed by atoms with Crippen LogP contribution in [0.5, 0.6) is 0 Å². The van der Waals surface area contributed by atoms with Crippen molar-refractivity contribution in [1.29, 1.82) is 0 Å². The molecule has 0 spiro atoms. The molecule has 5 nitrogen and oxygen atoms in total. The van der Waals surface area contributed by atoms with Gasteiger partial charge >= 0.3 is 5.97 Å². The van der Waals surface area contributed by atoms with Crippen LogP contribution >= 0.6 is 0 Å². The van der Waals surface area contributed by atoms with E-state index in [0.717, 1.165) is 38.5 Å². The second-order valence-electron chi connectivity index (χ2n) is 15.0. The van der Waals surface area contributed by atoms with Gasteiger partial charge in [0.05, 0.1) is 23.7 Å². The number of hydrogen-bond acceptors (Lipinski definition) is 4. The van der Waals surface area contributed by atoms with Crippen molar-refractivity contribution >= 4 is 5.97 Å². The van der Waals surface area contributed by atoms with Gasteiger partial charge < -0.3 is 20.1 Å². The van der Waals surface area contributed by atoms with E-state index in [4.69, 9.17) is 4.74 Å². The van der Waals surface area contributed by atoms with Crippen molar-refractivity contribution in [2.45, 2.75) is 112 Å². The Hall–Kier alpha value is -0.910. The lowest BCUT2D eigenvalue weighted by Gasteiger charge is -2.72. The van der Waals surface area contributed by atoms with Crippen molar-refractivity contribution in [1.82, 2.24) is 0 Å². The fourth-order valence-corrected chi connectivity index (χ4v) is 11.3. The predicted octanol–water partition coefficient (Wildman–Crippen LogP) is 5.69. The van der Waals surface area contributed by atoms with Gasteiger partial charge in [0, 0.05) is 13.0 Å². The molecule has 0 heterocycles. The standard InChI is InChI=1S/C31H50O5/c1-17-9-12-31(26(34)35)14-13-29(6)19(23(31)18(17)2)15-21(36-8)24-28(5)16-20(32)25(33)27(3,4)22(28)10-11-30(24,29)7/h15,17-18,20-25,32-33H,9-14,16H2,1-8H3,(H,34,35)/t17-,18+,20?,21?,22?,23+,24-,25?,28+,29-,30-,31+/m1/s1. The number of carboxylic acid groups (broad SMARTS) is 1. The molecule has 0 aromatic rings. The van der Waals surface area contributed by atoms with Crippen LogP contribution in [0.25, 0.3) is 0 Å². The summed E-state index contributed by atoms with van der Waals surface area (Å²) in [4.78, 5) is 12.9. The highest BCUT2D eigenvalue weighted by Gasteiger charge is 2.72. The van der Waals surface area contributed by atoms with Crippen LogP contribution in [0.4, 0.5) is 0 Å². The van der Waals surface area contributed by atoms with Crippen LogP contribution < -0.4 is 0 Å². The topological polar surface area (TPSA) is 87.0 Å². The summed E-state index contributed by atoms with van der Waals surface area (Å²) in [6.45, 7) is 16.1. The fraction of sp³-hybridized carbons (Fsp3) is 0.903. The molecule has 4 saturated carbocycles. The molecule has 0 amide bonds. The number of aliphatic carboxylic acids is 1. The summed E-state index contributed by atoms with van der Waals surface area (Å²) in [5, 5.41) is 32.7. The Labute approximate surface area is 218 Å². The number of rotatable bonds is 2. The number of allylic oxidation sites excluding steroid dienone is 1. The first-order valence-electron chi connectivity index (χ1n) is 14.5. The minimum Gasteiger partial charge on any atom is -0.481 e. The molecule has 36 heavy (non-hydrogen) atoms. The van der Waals surface area contributed by atoms with Crippen molar-refractivity contribution in [3.8, 4) is 0 Å². The first-order chi connectivity index (χ1) is 16.6. The lowest BCUT2D eigenvalue weighted by atomic mass is 9.32. The number of fused-ring (bicyclic) bond motifs is 7. The third-order valence-corrected chi connectivity index (χ3v) is 13.6. The Morgan fingerprint density at radius 1 is 1.00 bits per heavy atom. The van der Waals surface area contributed by atoms with Crippen LogP contribution in [0.3, 0.4) is 0 Å². The quantitative estimate of drug-likeness (QED) is 0.423. The molecule has 4 unspecified atom stereocenters. The zero-order chi connectivity index (χ0) is 26.6. The van der Waals surface area contributed by atoms with Gasteiger partial charge in [0.2, 0.25) is 0 Å². The number of ether oxygens (including phenoxy) is 1. The molecule has 204 valence electrons. The van der Waals surface area contributed by atoms with E-state index in [1.54, 1.807) is 7.11 Å². The van der Waals surface area contributed by atoms with Crippen molar-refractivity contribution in [3.63, 3.8) is 0 Å². The van der Waals surface area contributed by atoms with Crippen molar-refractivity contribution < 1.29 is 24.9 Å². The van der Waals surface area contributed by atoms with Gasteiger partial charge in [0.1, 0.15) is 0 Å². The van der Waals surface area contributed by atoms with Crippen LogP contribution in [-0.2, 0) is 9.53 Å². The molecule has 5 heteroatoms. The molecule has 0 aromatic heterocycles. The van der Waals surface area contributed by atoms with Gasteiger partial charge in [-0.1, -0.05) is 60.1 Å². The molecular weight excluding hydrogens is 452 g/mol. The first kappa shape index (κ1) is 26.7. The van der Waals surface area contributed by atoms with E-state index in [-0.39, 0.29) is 45.5 Å². The molecular formula is C31H50O5. The summed E-state index contributed by atoms with van der Waals surface area (Å²) >= 11 is 0. The third-order valence-electron chi connectivity index (χ3n) is 13.6. The van der Waals surface area contributed by atoms with Crippen LogP contribution in [0.15, 0.2) is 11.6 Å². The van der Waals surface area contributed by atoms with Gasteiger partial charge in [0.25, 0.3) is 0 Å². The summed E-state index contributed by atoms with van der Waals surface area (Å²) < 4.78 is 6.33. The van der Waals surface area contributed by atoms with Gasteiger partial charge in [-0.15, -0.1) is 0 Å². The van der Waals surface area contributed by atoms with Crippen LogP contribution in [-0.4, -0.2) is 46.7 Å². The van der Waals surface area contributed by atoms with E-state index < -0.39 is 23.6 Å². The van der Waals surface area contributed by atoms with Gasteiger partial charge in [-0.2, -0.15) is 0 Å². The second kappa shape index (κ2) is 8.05. The minimum atomic E-state index is -0.746. The lowest BCUT2D eigenvalue weighted by Crippen LogP contribution is -2.69. The minimum absolute atomic E-state index is 0.0358. The number of hydrogen-bond donors (Lipinski definition) is 3. The highest BCUT2D eigenvalue weighted by atomic mass is 16.5. The fourth-order valence-electron chi connectivity index (χ4n) is 11.3. The van der Waals surface area contributed by atoms with E-state index in [9.17, 15) is 20.1 Å². The molecule has 12 atom stereocenters. The number of aliphatic hydroxyl groups is 2. The van der Waals surface area contributed by atoms with E-state index in [2.05, 4.69) is 54.5 Å². The molecule has 5 aliphatic rings. The number of aliphatic hydroxyl groups excluding tert-OH is 2. The van der Waals surface area contributed by atoms with E-state index in [0.29, 0.717) is 18.3 Å². The molecule has 0 saturated heterocycles. The lowest BCUT2D eigenvalue weighted by molar-refractivity contribution is -0.250. The van der Waals surface area contributed by atoms with Crippen molar-refractivity contribution in [2.75, 3.05) is 7.11 Å². The van der Waals surface area contributed by atoms with Crippen LogP contribution in [0, 0.1) is 56.7 Å². The number of methoxy groups -OCH3 is 1. The van der Waals surface area contributed by atoms with E-state index >= 15 is 0 Å². The zero-order valence-corrected chi connectivity index (χ0v) is 23.8. The summed E-state index contributed by atoms with van der Waals surface area (Å²) in [6.07, 6.45) is 6.78. The average molecular weight is 503 g/mol. The number of carboxylic acids is 1. The molecule has 0 aliphatic heterocycles. The summed E-state index contributed by atoms with van der Waals surface area (Å²) in [5.74, 6) is 0.716. The molecule has 0 bridgehead atoms. The molecule has 0 aromatic carbocycles. The van der Waals surface area contributed by atoms with Gasteiger partial charge in [-0.05, 0) is 90.3 Å². The van der Waals surface area contributed by atoms with E-state index in [1.165, 1.54) is 5.57 Å². The maximum atomic E-state index is 12.9. The predicted molar refractivity (Wildman–Crippen MR) is 140 cm³/mol. The maximum Gasteiger partial charge on any atom is 0.310 e. The van der Waals surface area contributed by atoms with Gasteiger partial charge in [-0.25, -0.2) is 0 Å². The van der Waals surface area contributed by atoms with Crippen LogP contribution in [0.1, 0.15) is 93.4 Å². The highest BCUT2D eigenvalue weighted by molar-refractivity contribution is 5.76. The Kier molecular flexibility index (Phi) is 5.97. The monoisotopic (exact) mass is 502 g/mol. The third kappa shape index (κ3) is 3.03. The smallest absolute Gasteiger partial charge is 0.310 e. The zero-order valence-electron chi connectivity index (χ0n) is 23.8. The second-order valence-corrected chi connectivity index (χ2v) is 15.0. The SMILES string of the molecule is COC1C=C2[C@@H]3[C@@H](C)[C@H](C)CC[C@]3(C(=O)O)CC[C@@]2(C)[C@]2(C)CCC3C(C)(C)C(O)C(O)C[C@]3(C)[C@@H]12.